The van der Waals surface area contributed by atoms with Crippen molar-refractivity contribution in [1.82, 2.24) is 4.98 Å². The molecule has 0 radical (unpaired) electrons. The molecule has 2 heterocycles. The van der Waals surface area contributed by atoms with Crippen molar-refractivity contribution in [2.24, 2.45) is 0 Å². The summed E-state index contributed by atoms with van der Waals surface area (Å²) >= 11 is 1.75. The quantitative estimate of drug-likeness (QED) is 0.768. The Morgan fingerprint density at radius 3 is 3.07 bits per heavy atom. The summed E-state index contributed by atoms with van der Waals surface area (Å²) in [6.45, 7) is 7.38. The number of rotatable bonds is 2. The van der Waals surface area contributed by atoms with Gasteiger partial charge in [-0.15, -0.1) is 11.3 Å². The van der Waals surface area contributed by atoms with Gasteiger partial charge in [0, 0.05) is 17.9 Å². The Morgan fingerprint density at radius 2 is 2.47 bits per heavy atom. The maximum Gasteiger partial charge on any atom is 0.0897 e. The van der Waals surface area contributed by atoms with Crippen molar-refractivity contribution in [3.63, 3.8) is 0 Å². The summed E-state index contributed by atoms with van der Waals surface area (Å²) < 4.78 is 5.85. The van der Waals surface area contributed by atoms with Gasteiger partial charge in [0.15, 0.2) is 0 Å². The normalized spacial score (nSPS) is 31.8. The van der Waals surface area contributed by atoms with Crippen molar-refractivity contribution >= 4 is 11.3 Å². The molecule has 0 aromatic carbocycles. The molecule has 2 rings (SSSR count). The summed E-state index contributed by atoms with van der Waals surface area (Å²) in [6.07, 6.45) is 3.33. The molecule has 15 heavy (non-hydrogen) atoms. The van der Waals surface area contributed by atoms with Crippen molar-refractivity contribution in [3.05, 3.63) is 16.1 Å². The van der Waals surface area contributed by atoms with Gasteiger partial charge in [0.2, 0.25) is 0 Å². The molecule has 3 heteroatoms. The zero-order valence-corrected chi connectivity index (χ0v) is 10.6. The fourth-order valence-corrected chi connectivity index (χ4v) is 2.89. The molecule has 0 aliphatic carbocycles. The van der Waals surface area contributed by atoms with Gasteiger partial charge in [-0.3, -0.25) is 0 Å². The van der Waals surface area contributed by atoms with Gasteiger partial charge < -0.3 is 4.74 Å². The van der Waals surface area contributed by atoms with Gasteiger partial charge in [0.25, 0.3) is 0 Å². The minimum Gasteiger partial charge on any atom is -0.375 e. The van der Waals surface area contributed by atoms with Crippen LogP contribution in [0.25, 0.3) is 0 Å². The molecule has 0 N–H and O–H groups in total. The predicted molar refractivity (Wildman–Crippen MR) is 63.5 cm³/mol. The van der Waals surface area contributed by atoms with E-state index in [1.165, 1.54) is 10.7 Å². The van der Waals surface area contributed by atoms with E-state index in [2.05, 4.69) is 31.1 Å². The van der Waals surface area contributed by atoms with Crippen molar-refractivity contribution < 1.29 is 4.74 Å². The van der Waals surface area contributed by atoms with E-state index in [4.69, 9.17) is 4.74 Å². The fourth-order valence-electron chi connectivity index (χ4n) is 2.20. The number of aromatic nitrogens is 1. The molecule has 1 aliphatic heterocycles. The highest BCUT2D eigenvalue weighted by molar-refractivity contribution is 7.09. The Morgan fingerprint density at radius 1 is 1.67 bits per heavy atom. The molecule has 1 fully saturated rings. The predicted octanol–water partition coefficient (Wildman–Crippen LogP) is 3.51. The third kappa shape index (κ3) is 2.40. The van der Waals surface area contributed by atoms with Gasteiger partial charge >= 0.3 is 0 Å². The van der Waals surface area contributed by atoms with Crippen LogP contribution in [0.3, 0.4) is 0 Å². The molecule has 2 nitrogen and oxygen atoms in total. The van der Waals surface area contributed by atoms with Gasteiger partial charge in [-0.05, 0) is 33.1 Å². The molecule has 1 aromatic rings. The van der Waals surface area contributed by atoms with E-state index in [0.717, 1.165) is 25.9 Å². The maximum atomic E-state index is 5.85. The number of ether oxygens (including phenoxy) is 1. The molecule has 1 aromatic heterocycles. The Bertz CT molecular complexity index is 336. The lowest BCUT2D eigenvalue weighted by atomic mass is 9.84. The molecule has 0 saturated carbocycles. The van der Waals surface area contributed by atoms with Crippen LogP contribution in [0.15, 0.2) is 5.38 Å². The van der Waals surface area contributed by atoms with Gasteiger partial charge in [-0.2, -0.15) is 0 Å². The zero-order valence-electron chi connectivity index (χ0n) is 9.75. The Kier molecular flexibility index (Phi) is 3.12. The lowest BCUT2D eigenvalue weighted by molar-refractivity contribution is -0.0750. The molecule has 1 saturated heterocycles. The van der Waals surface area contributed by atoms with Crippen LogP contribution in [0.2, 0.25) is 0 Å². The number of hydrogen-bond donors (Lipinski definition) is 0. The average molecular weight is 225 g/mol. The molecule has 1 aliphatic rings. The molecule has 0 amide bonds. The zero-order chi connectivity index (χ0) is 10.9. The highest BCUT2D eigenvalue weighted by Crippen LogP contribution is 2.37. The first-order valence-electron chi connectivity index (χ1n) is 5.69. The molecule has 0 spiro atoms. The number of thiazole rings is 1. The first-order chi connectivity index (χ1) is 7.13. The van der Waals surface area contributed by atoms with Crippen molar-refractivity contribution in [3.8, 4) is 0 Å². The standard InChI is InChI=1S/C12H19NOS/c1-4-12(3)7-10(5-6-14-12)11-8-15-9(2)13-11/h8,10H,4-7H2,1-3H3/t10-,12-/m1/s1. The van der Waals surface area contributed by atoms with E-state index >= 15 is 0 Å². The second kappa shape index (κ2) is 4.22. The summed E-state index contributed by atoms with van der Waals surface area (Å²) in [5.41, 5.74) is 1.35. The summed E-state index contributed by atoms with van der Waals surface area (Å²) in [6, 6.07) is 0. The third-order valence-electron chi connectivity index (χ3n) is 3.40. The van der Waals surface area contributed by atoms with Crippen LogP contribution in [0.4, 0.5) is 0 Å². The third-order valence-corrected chi connectivity index (χ3v) is 4.19. The topological polar surface area (TPSA) is 22.1 Å². The molecular formula is C12H19NOS. The van der Waals surface area contributed by atoms with E-state index in [1.54, 1.807) is 11.3 Å². The average Bonchev–Trinajstić information content (AvgIpc) is 2.65. The number of hydrogen-bond acceptors (Lipinski definition) is 3. The van der Waals surface area contributed by atoms with Crippen LogP contribution in [0.1, 0.15) is 49.7 Å². The second-order valence-corrected chi connectivity index (χ2v) is 5.70. The summed E-state index contributed by atoms with van der Waals surface area (Å²) in [7, 11) is 0. The Labute approximate surface area is 95.7 Å². The van der Waals surface area contributed by atoms with Crippen molar-refractivity contribution in [2.75, 3.05) is 6.61 Å². The molecular weight excluding hydrogens is 206 g/mol. The first-order valence-corrected chi connectivity index (χ1v) is 6.57. The van der Waals surface area contributed by atoms with E-state index in [1.807, 2.05) is 0 Å². The summed E-state index contributed by atoms with van der Waals surface area (Å²) in [5, 5.41) is 3.39. The van der Waals surface area contributed by atoms with Crippen LogP contribution in [0, 0.1) is 6.92 Å². The van der Waals surface area contributed by atoms with Crippen LogP contribution < -0.4 is 0 Å². The van der Waals surface area contributed by atoms with Crippen LogP contribution >= 0.6 is 11.3 Å². The van der Waals surface area contributed by atoms with E-state index in [-0.39, 0.29) is 5.60 Å². The molecule has 0 unspecified atom stereocenters. The summed E-state index contributed by atoms with van der Waals surface area (Å²) in [5.74, 6) is 0.605. The van der Waals surface area contributed by atoms with Gasteiger partial charge in [0.05, 0.1) is 16.3 Å². The highest BCUT2D eigenvalue weighted by atomic mass is 32.1. The van der Waals surface area contributed by atoms with Crippen LogP contribution in [-0.4, -0.2) is 17.2 Å². The van der Waals surface area contributed by atoms with Gasteiger partial charge in [-0.1, -0.05) is 6.92 Å². The summed E-state index contributed by atoms with van der Waals surface area (Å²) in [4.78, 5) is 4.60. The number of aryl methyl sites for hydroxylation is 1. The van der Waals surface area contributed by atoms with Crippen LogP contribution in [0.5, 0.6) is 0 Å². The van der Waals surface area contributed by atoms with Gasteiger partial charge in [0.1, 0.15) is 0 Å². The van der Waals surface area contributed by atoms with Crippen LogP contribution in [-0.2, 0) is 4.74 Å². The van der Waals surface area contributed by atoms with E-state index < -0.39 is 0 Å². The van der Waals surface area contributed by atoms with E-state index in [0.29, 0.717) is 5.92 Å². The Hall–Kier alpha value is -0.410. The lowest BCUT2D eigenvalue weighted by Gasteiger charge is -2.37. The number of nitrogens with zero attached hydrogens (tertiary/aromatic N) is 1. The minimum absolute atomic E-state index is 0.0699. The van der Waals surface area contributed by atoms with Crippen molar-refractivity contribution in [1.29, 1.82) is 0 Å². The Balaban J connectivity index is 2.11. The first kappa shape index (κ1) is 11.1. The van der Waals surface area contributed by atoms with Crippen molar-refractivity contribution in [2.45, 2.75) is 51.6 Å². The monoisotopic (exact) mass is 225 g/mol. The highest BCUT2D eigenvalue weighted by Gasteiger charge is 2.33. The maximum absolute atomic E-state index is 5.85. The molecule has 0 bridgehead atoms. The van der Waals surface area contributed by atoms with Gasteiger partial charge in [-0.25, -0.2) is 4.98 Å². The second-order valence-electron chi connectivity index (χ2n) is 4.63. The molecule has 2 atom stereocenters. The van der Waals surface area contributed by atoms with E-state index in [9.17, 15) is 0 Å². The smallest absolute Gasteiger partial charge is 0.0897 e. The fraction of sp³-hybridized carbons (Fsp3) is 0.750. The largest absolute Gasteiger partial charge is 0.375 e. The molecule has 84 valence electrons. The lowest BCUT2D eigenvalue weighted by Crippen LogP contribution is -2.35. The SMILES string of the molecule is CC[C@]1(C)C[C@H](c2csc(C)n2)CCO1. The minimum atomic E-state index is 0.0699.